The number of aromatic nitrogens is 2. The van der Waals surface area contributed by atoms with E-state index >= 15 is 0 Å². The van der Waals surface area contributed by atoms with E-state index < -0.39 is 11.6 Å². The van der Waals surface area contributed by atoms with Crippen LogP contribution in [-0.2, 0) is 35.5 Å². The summed E-state index contributed by atoms with van der Waals surface area (Å²) in [5.41, 5.74) is 1.39. The van der Waals surface area contributed by atoms with Gasteiger partial charge in [-0.05, 0) is 43.4 Å². The van der Waals surface area contributed by atoms with Gasteiger partial charge in [-0.25, -0.2) is 9.78 Å². The highest BCUT2D eigenvalue weighted by Gasteiger charge is 2.20. The maximum absolute atomic E-state index is 13.0. The van der Waals surface area contributed by atoms with Gasteiger partial charge in [-0.3, -0.25) is 14.2 Å². The largest absolute Gasteiger partial charge is 0.497 e. The molecule has 3 heterocycles. The Hall–Kier alpha value is -3.46. The molecular weight excluding hydrogens is 444 g/mol. The van der Waals surface area contributed by atoms with Crippen molar-refractivity contribution >= 4 is 38.5 Å². The maximum Gasteiger partial charge on any atom is 0.336 e. The molecular formula is C24H22N2O6S. The van der Waals surface area contributed by atoms with Crippen LogP contribution in [0.2, 0.25) is 0 Å². The van der Waals surface area contributed by atoms with E-state index in [0.717, 1.165) is 36.1 Å². The van der Waals surface area contributed by atoms with Crippen molar-refractivity contribution in [1.29, 1.82) is 0 Å². The molecule has 170 valence electrons. The van der Waals surface area contributed by atoms with Crippen LogP contribution in [-0.4, -0.2) is 22.6 Å². The molecule has 0 radical (unpaired) electrons. The lowest BCUT2D eigenvalue weighted by molar-refractivity contribution is -0.145. The van der Waals surface area contributed by atoms with Crippen LogP contribution in [0.15, 0.2) is 44.6 Å². The zero-order chi connectivity index (χ0) is 22.9. The second-order valence-electron chi connectivity index (χ2n) is 8.00. The number of hydrogen-bond donors (Lipinski definition) is 0. The molecule has 0 amide bonds. The van der Waals surface area contributed by atoms with E-state index in [1.807, 2.05) is 0 Å². The molecule has 1 aliphatic rings. The van der Waals surface area contributed by atoms with Crippen molar-refractivity contribution in [2.75, 3.05) is 7.11 Å². The number of fused-ring (bicyclic) bond motifs is 4. The van der Waals surface area contributed by atoms with Gasteiger partial charge in [0.2, 0.25) is 0 Å². The van der Waals surface area contributed by atoms with Crippen molar-refractivity contribution in [3.8, 4) is 5.75 Å². The Morgan fingerprint density at radius 1 is 1.21 bits per heavy atom. The van der Waals surface area contributed by atoms with E-state index in [1.54, 1.807) is 29.5 Å². The molecule has 4 aromatic rings. The summed E-state index contributed by atoms with van der Waals surface area (Å²) in [6.45, 7) is 0.109. The summed E-state index contributed by atoms with van der Waals surface area (Å²) in [7, 11) is 1.52. The Balaban J connectivity index is 1.29. The molecule has 0 fully saturated rings. The first-order chi connectivity index (χ1) is 16.0. The molecule has 0 atom stereocenters. The molecule has 9 heteroatoms. The van der Waals surface area contributed by atoms with Crippen LogP contribution in [0.3, 0.4) is 0 Å². The van der Waals surface area contributed by atoms with Crippen molar-refractivity contribution in [3.05, 3.63) is 67.4 Å². The monoisotopic (exact) mass is 466 g/mol. The molecule has 5 rings (SSSR count). The lowest BCUT2D eigenvalue weighted by Gasteiger charge is -2.11. The fourth-order valence-corrected chi connectivity index (χ4v) is 5.46. The van der Waals surface area contributed by atoms with Crippen LogP contribution in [0.1, 0.15) is 35.3 Å². The summed E-state index contributed by atoms with van der Waals surface area (Å²) in [5.74, 6) is 0.0898. The summed E-state index contributed by atoms with van der Waals surface area (Å²) >= 11 is 1.60. The van der Waals surface area contributed by atoms with Crippen LogP contribution in [0.25, 0.3) is 21.2 Å². The molecule has 8 nitrogen and oxygen atoms in total. The number of nitrogens with zero attached hydrogens (tertiary/aromatic N) is 2. The molecule has 0 spiro atoms. The highest BCUT2D eigenvalue weighted by Crippen LogP contribution is 2.33. The summed E-state index contributed by atoms with van der Waals surface area (Å²) < 4.78 is 17.2. The highest BCUT2D eigenvalue weighted by atomic mass is 32.1. The Kier molecular flexibility index (Phi) is 5.72. The molecule has 0 saturated carbocycles. The quantitative estimate of drug-likeness (QED) is 0.316. The van der Waals surface area contributed by atoms with Crippen molar-refractivity contribution in [2.24, 2.45) is 0 Å². The van der Waals surface area contributed by atoms with Crippen molar-refractivity contribution in [1.82, 2.24) is 9.55 Å². The number of aryl methyl sites for hydroxylation is 3. The number of carbonyl (C=O) groups excluding carboxylic acids is 1. The lowest BCUT2D eigenvalue weighted by Crippen LogP contribution is -2.23. The van der Waals surface area contributed by atoms with E-state index in [4.69, 9.17) is 13.9 Å². The molecule has 0 bridgehead atoms. The third-order valence-corrected chi connectivity index (χ3v) is 7.12. The minimum atomic E-state index is -0.535. The summed E-state index contributed by atoms with van der Waals surface area (Å²) in [6.07, 6.45) is 5.66. The number of thiophene rings is 1. The first kappa shape index (κ1) is 21.4. The Morgan fingerprint density at radius 2 is 2.06 bits per heavy atom. The van der Waals surface area contributed by atoms with Gasteiger partial charge in [-0.15, -0.1) is 11.3 Å². The summed E-state index contributed by atoms with van der Waals surface area (Å²) in [6, 6.07) is 6.42. The molecule has 0 unspecified atom stereocenters. The minimum Gasteiger partial charge on any atom is -0.497 e. The van der Waals surface area contributed by atoms with Crippen molar-refractivity contribution in [2.45, 2.75) is 45.3 Å². The normalized spacial score (nSPS) is 13.2. The number of ether oxygens (including phenoxy) is 2. The smallest absolute Gasteiger partial charge is 0.336 e. The molecule has 0 saturated heterocycles. The summed E-state index contributed by atoms with van der Waals surface area (Å²) in [5, 5.41) is 1.36. The van der Waals surface area contributed by atoms with Gasteiger partial charge in [-0.2, -0.15) is 0 Å². The average molecular weight is 467 g/mol. The van der Waals surface area contributed by atoms with Gasteiger partial charge in [-0.1, -0.05) is 0 Å². The van der Waals surface area contributed by atoms with Gasteiger partial charge in [0.15, 0.2) is 0 Å². The predicted octanol–water partition coefficient (Wildman–Crippen LogP) is 3.59. The van der Waals surface area contributed by atoms with Gasteiger partial charge in [0.1, 0.15) is 22.8 Å². The minimum absolute atomic E-state index is 0.0205. The molecule has 0 aliphatic heterocycles. The Bertz CT molecular complexity index is 1480. The van der Waals surface area contributed by atoms with Gasteiger partial charge in [0.25, 0.3) is 5.56 Å². The van der Waals surface area contributed by atoms with Gasteiger partial charge < -0.3 is 13.9 Å². The van der Waals surface area contributed by atoms with Crippen molar-refractivity contribution in [3.63, 3.8) is 0 Å². The van der Waals surface area contributed by atoms with E-state index in [1.165, 1.54) is 28.9 Å². The molecule has 0 N–H and O–H groups in total. The zero-order valence-corrected chi connectivity index (χ0v) is 18.9. The van der Waals surface area contributed by atoms with Crippen molar-refractivity contribution < 1.29 is 18.7 Å². The number of methoxy groups -OCH3 is 1. The van der Waals surface area contributed by atoms with Crippen LogP contribution in [0.4, 0.5) is 0 Å². The van der Waals surface area contributed by atoms with Crippen LogP contribution < -0.4 is 15.9 Å². The third kappa shape index (κ3) is 4.16. The second-order valence-corrected chi connectivity index (χ2v) is 9.08. The van der Waals surface area contributed by atoms with Crippen LogP contribution >= 0.6 is 11.3 Å². The van der Waals surface area contributed by atoms with Gasteiger partial charge >= 0.3 is 11.6 Å². The van der Waals surface area contributed by atoms with Crippen LogP contribution in [0.5, 0.6) is 5.75 Å². The summed E-state index contributed by atoms with van der Waals surface area (Å²) in [4.78, 5) is 43.8. The molecule has 3 aromatic heterocycles. The fraction of sp³-hybridized carbons (Fsp3) is 0.333. The van der Waals surface area contributed by atoms with E-state index in [0.29, 0.717) is 27.7 Å². The highest BCUT2D eigenvalue weighted by molar-refractivity contribution is 7.18. The maximum atomic E-state index is 13.0. The Morgan fingerprint density at radius 3 is 2.91 bits per heavy atom. The lowest BCUT2D eigenvalue weighted by atomic mass is 9.97. The third-order valence-electron chi connectivity index (χ3n) is 5.92. The van der Waals surface area contributed by atoms with E-state index in [2.05, 4.69) is 4.98 Å². The topological polar surface area (TPSA) is 101 Å². The number of esters is 1. The fourth-order valence-electron chi connectivity index (χ4n) is 4.24. The molecule has 1 aromatic carbocycles. The van der Waals surface area contributed by atoms with Gasteiger partial charge in [0.05, 0.1) is 25.2 Å². The Labute approximate surface area is 192 Å². The number of hydrogen-bond acceptors (Lipinski definition) is 8. The zero-order valence-electron chi connectivity index (χ0n) is 18.1. The standard InChI is InChI=1S/C24H22N2O6S/c1-30-15-6-7-16-14(10-21(28)32-18(16)11-15)12-31-20(27)8-9-26-13-25-23-22(24(26)29)17-4-2-3-5-19(17)33-23/h6-7,10-11,13H,2-5,8-9,12H2,1H3. The SMILES string of the molecule is COc1ccc2c(COC(=O)CCn3cnc4sc5c(c4c3=O)CCCC5)cc(=O)oc2c1. The molecule has 1 aliphatic carbocycles. The van der Waals surface area contributed by atoms with Gasteiger partial charge in [0, 0.05) is 34.5 Å². The number of carbonyl (C=O) groups is 1. The first-order valence-corrected chi connectivity index (χ1v) is 11.6. The number of benzene rings is 1. The second kappa shape index (κ2) is 8.82. The average Bonchev–Trinajstić information content (AvgIpc) is 3.21. The van der Waals surface area contributed by atoms with E-state index in [9.17, 15) is 14.4 Å². The predicted molar refractivity (Wildman–Crippen MR) is 124 cm³/mol. The first-order valence-electron chi connectivity index (χ1n) is 10.8. The number of rotatable bonds is 6. The molecule has 33 heavy (non-hydrogen) atoms. The van der Waals surface area contributed by atoms with Crippen LogP contribution in [0, 0.1) is 0 Å². The van der Waals surface area contributed by atoms with E-state index in [-0.39, 0.29) is 25.1 Å².